The van der Waals surface area contributed by atoms with Crippen LogP contribution in [0.25, 0.3) is 0 Å². The predicted octanol–water partition coefficient (Wildman–Crippen LogP) is 9.55. The summed E-state index contributed by atoms with van der Waals surface area (Å²) in [5, 5.41) is 9.48. The lowest BCUT2D eigenvalue weighted by Gasteiger charge is -2.21. The fraction of sp³-hybridized carbons (Fsp3) is 0.921. The second kappa shape index (κ2) is 37.3. The number of carbonyl (C=O) groups excluding carboxylic acids is 3. The Morgan fingerprint density at radius 3 is 1.58 bits per heavy atom. The summed E-state index contributed by atoms with van der Waals surface area (Å²) in [6.07, 6.45) is 22.9. The molecule has 0 aliphatic heterocycles. The first kappa shape index (κ1) is 47.0. The van der Waals surface area contributed by atoms with Crippen LogP contribution in [0.1, 0.15) is 162 Å². The summed E-state index contributed by atoms with van der Waals surface area (Å²) in [6, 6.07) is 0. The van der Waals surface area contributed by atoms with Crippen molar-refractivity contribution in [1.29, 1.82) is 0 Å². The number of ether oxygens (including phenoxy) is 3. The van der Waals surface area contributed by atoms with E-state index in [1.165, 1.54) is 64.2 Å². The summed E-state index contributed by atoms with van der Waals surface area (Å²) < 4.78 is 16.0. The second-order valence-corrected chi connectivity index (χ2v) is 15.7. The Labute approximate surface area is 302 Å². The summed E-state index contributed by atoms with van der Waals surface area (Å²) in [7, 11) is 3.17. The van der Waals surface area contributed by atoms with Gasteiger partial charge in [-0.15, -0.1) is 0 Å². The first-order valence-electron chi connectivity index (χ1n) is 19.5. The summed E-state index contributed by atoms with van der Waals surface area (Å²) >= 11 is 0. The summed E-state index contributed by atoms with van der Waals surface area (Å²) in [5.41, 5.74) is 0. The largest absolute Gasteiger partial charge is 0.466 e. The Bertz CT molecular complexity index is 732. The molecule has 0 saturated carbocycles. The Kier molecular flexibility index (Phi) is 36.5. The van der Waals surface area contributed by atoms with Crippen molar-refractivity contribution in [3.63, 3.8) is 0 Å². The number of unbranched alkanes of at least 4 members (excludes halogenated alkanes) is 11. The zero-order valence-corrected chi connectivity index (χ0v) is 32.8. The van der Waals surface area contributed by atoms with Gasteiger partial charge in [0.05, 0.1) is 39.3 Å². The fourth-order valence-electron chi connectivity index (χ4n) is 5.53. The zero-order valence-electron chi connectivity index (χ0n) is 31.2. The van der Waals surface area contributed by atoms with Crippen LogP contribution in [0.3, 0.4) is 0 Å². The number of carbonyl (C=O) groups is 3. The molecule has 0 amide bonds. The highest BCUT2D eigenvalue weighted by molar-refractivity contribution is 8.76. The van der Waals surface area contributed by atoms with Crippen molar-refractivity contribution >= 4 is 39.5 Å². The molecule has 0 fully saturated rings. The van der Waals surface area contributed by atoms with Crippen molar-refractivity contribution in [2.75, 3.05) is 57.6 Å². The molecule has 0 unspecified atom stereocenters. The minimum absolute atomic E-state index is 0.0559. The molecule has 0 spiro atoms. The molecular weight excluding hydrogens is 647 g/mol. The van der Waals surface area contributed by atoms with Crippen LogP contribution in [0, 0.1) is 5.92 Å². The highest BCUT2D eigenvalue weighted by Crippen LogP contribution is 2.23. The van der Waals surface area contributed by atoms with Crippen LogP contribution in [0.5, 0.6) is 0 Å². The Hall–Kier alpha value is -0.970. The normalized spacial score (nSPS) is 11.4. The first-order valence-corrected chi connectivity index (χ1v) is 22.0. The number of esters is 3. The lowest BCUT2D eigenvalue weighted by atomic mass is 9.92. The summed E-state index contributed by atoms with van der Waals surface area (Å²) in [5.74, 6) is 1.67. The number of rotatable bonds is 37. The van der Waals surface area contributed by atoms with E-state index in [0.29, 0.717) is 63.1 Å². The van der Waals surface area contributed by atoms with Gasteiger partial charge < -0.3 is 24.2 Å². The van der Waals surface area contributed by atoms with Crippen molar-refractivity contribution in [2.24, 2.45) is 5.92 Å². The van der Waals surface area contributed by atoms with Gasteiger partial charge in [0.1, 0.15) is 0 Å². The third kappa shape index (κ3) is 33.5. The van der Waals surface area contributed by atoms with Crippen LogP contribution in [-0.4, -0.2) is 85.5 Å². The quantitative estimate of drug-likeness (QED) is 0.0289. The van der Waals surface area contributed by atoms with E-state index in [1.54, 1.807) is 21.6 Å². The van der Waals surface area contributed by atoms with Gasteiger partial charge in [-0.05, 0) is 57.5 Å². The van der Waals surface area contributed by atoms with Crippen LogP contribution < -0.4 is 0 Å². The van der Waals surface area contributed by atoms with E-state index in [1.807, 2.05) is 6.92 Å². The maximum absolute atomic E-state index is 12.3. The topological polar surface area (TPSA) is 102 Å². The second-order valence-electron chi connectivity index (χ2n) is 12.9. The Morgan fingerprint density at radius 2 is 1.02 bits per heavy atom. The van der Waals surface area contributed by atoms with E-state index in [2.05, 4.69) is 18.7 Å². The number of hydrogen-bond donors (Lipinski definition) is 1. The van der Waals surface area contributed by atoms with Gasteiger partial charge in [0.2, 0.25) is 0 Å². The molecule has 48 heavy (non-hydrogen) atoms. The molecule has 8 nitrogen and oxygen atoms in total. The molecule has 0 aliphatic rings. The number of nitrogens with zero attached hydrogens (tertiary/aromatic N) is 1. The number of aliphatic hydroxyl groups is 1. The molecule has 284 valence electrons. The van der Waals surface area contributed by atoms with Gasteiger partial charge in [-0.2, -0.15) is 0 Å². The third-order valence-electron chi connectivity index (χ3n) is 8.45. The molecule has 10 heteroatoms. The highest BCUT2D eigenvalue weighted by Gasteiger charge is 2.11. The van der Waals surface area contributed by atoms with Crippen molar-refractivity contribution in [3.8, 4) is 0 Å². The van der Waals surface area contributed by atoms with Gasteiger partial charge in [0.25, 0.3) is 0 Å². The Morgan fingerprint density at radius 1 is 0.521 bits per heavy atom. The number of aliphatic hydroxyl groups excluding tert-OH is 1. The Balaban J connectivity index is 3.85. The monoisotopic (exact) mass is 719 g/mol. The van der Waals surface area contributed by atoms with Gasteiger partial charge in [0.15, 0.2) is 0 Å². The third-order valence-corrected chi connectivity index (χ3v) is 10.9. The maximum Gasteiger partial charge on any atom is 0.306 e. The fourth-order valence-corrected chi connectivity index (χ4v) is 7.47. The van der Waals surface area contributed by atoms with Crippen LogP contribution in [0.4, 0.5) is 0 Å². The molecule has 0 rings (SSSR count). The van der Waals surface area contributed by atoms with Crippen molar-refractivity contribution in [1.82, 2.24) is 4.90 Å². The van der Waals surface area contributed by atoms with E-state index in [4.69, 9.17) is 14.2 Å². The van der Waals surface area contributed by atoms with Crippen LogP contribution in [0.15, 0.2) is 0 Å². The van der Waals surface area contributed by atoms with Gasteiger partial charge in [-0.3, -0.25) is 14.4 Å². The molecule has 0 atom stereocenters. The van der Waals surface area contributed by atoms with E-state index in [9.17, 15) is 19.5 Å². The molecule has 0 aromatic heterocycles. The average Bonchev–Trinajstić information content (AvgIpc) is 3.08. The lowest BCUT2D eigenvalue weighted by molar-refractivity contribution is -0.144. The lowest BCUT2D eigenvalue weighted by Crippen LogP contribution is -2.29. The smallest absolute Gasteiger partial charge is 0.306 e. The molecular formula is C38H73NO7S2. The average molecular weight is 720 g/mol. The standard InChI is InChI=1S/C38H73NO7S2/c1-4-7-9-14-20-35(21-15-10-8-5-2)23-32-46-36(41)22-16-13-18-27-39(28-29-40)26-17-11-12-19-31-45-38(43)25-34-48-47-33-24-37(42)44-30-6-3/h35,40H,4-34H2,1-3H3. The summed E-state index contributed by atoms with van der Waals surface area (Å²) in [4.78, 5) is 38.0. The predicted molar refractivity (Wildman–Crippen MR) is 203 cm³/mol. The van der Waals surface area contributed by atoms with E-state index < -0.39 is 0 Å². The van der Waals surface area contributed by atoms with Gasteiger partial charge in [0, 0.05) is 24.5 Å². The van der Waals surface area contributed by atoms with Crippen molar-refractivity contribution in [2.45, 2.75) is 162 Å². The molecule has 0 heterocycles. The first-order chi connectivity index (χ1) is 23.5. The van der Waals surface area contributed by atoms with E-state index >= 15 is 0 Å². The van der Waals surface area contributed by atoms with E-state index in [-0.39, 0.29) is 24.5 Å². The van der Waals surface area contributed by atoms with Gasteiger partial charge in [-0.25, -0.2) is 0 Å². The minimum atomic E-state index is -0.164. The molecule has 0 aromatic rings. The van der Waals surface area contributed by atoms with Crippen molar-refractivity contribution < 1.29 is 33.7 Å². The number of hydrogen-bond acceptors (Lipinski definition) is 10. The molecule has 0 aliphatic carbocycles. The summed E-state index contributed by atoms with van der Waals surface area (Å²) in [6.45, 7) is 10.7. The van der Waals surface area contributed by atoms with Gasteiger partial charge >= 0.3 is 17.9 Å². The zero-order chi connectivity index (χ0) is 35.3. The molecule has 0 radical (unpaired) electrons. The van der Waals surface area contributed by atoms with Crippen molar-refractivity contribution in [3.05, 3.63) is 0 Å². The maximum atomic E-state index is 12.3. The van der Waals surface area contributed by atoms with Gasteiger partial charge in [-0.1, -0.05) is 126 Å². The van der Waals surface area contributed by atoms with Crippen LogP contribution >= 0.6 is 21.6 Å². The minimum Gasteiger partial charge on any atom is -0.466 e. The molecule has 0 saturated heterocycles. The van der Waals surface area contributed by atoms with Crippen LogP contribution in [-0.2, 0) is 28.6 Å². The SMILES string of the molecule is CCCCCCC(CCCCCC)CCOC(=O)CCCCCN(CCO)CCCCCCOC(=O)CCSSCCC(=O)OCCC. The molecule has 1 N–H and O–H groups in total. The molecule has 0 bridgehead atoms. The molecule has 0 aromatic carbocycles. The van der Waals surface area contributed by atoms with Crippen LogP contribution in [0.2, 0.25) is 0 Å². The highest BCUT2D eigenvalue weighted by atomic mass is 33.1. The van der Waals surface area contributed by atoms with E-state index in [0.717, 1.165) is 70.9 Å².